The van der Waals surface area contributed by atoms with Crippen molar-refractivity contribution in [3.8, 4) is 11.3 Å². The predicted octanol–water partition coefficient (Wildman–Crippen LogP) is 5.34. The standard InChI is InChI=1S/C25H22F6N2O5S2/c26-24(27,28)15-7-14(8-16(9-15)25(29,30)31)19-2-1-17(38-19)10-20-21(35)33(23(39)40-20)11-13-3-5-32(6-4-13)12-18(34)22(36)37/h1-2,7-10,13,18,34H,3-6,11-12H2,(H,36,37). The van der Waals surface area contributed by atoms with Crippen LogP contribution in [0, 0.1) is 5.92 Å². The number of rotatable bonds is 7. The van der Waals surface area contributed by atoms with Crippen molar-refractivity contribution in [3.63, 3.8) is 0 Å². The number of hydrogen-bond acceptors (Lipinski definition) is 7. The number of piperidine rings is 1. The minimum Gasteiger partial charge on any atom is -0.479 e. The summed E-state index contributed by atoms with van der Waals surface area (Å²) < 4.78 is 85.1. The molecule has 1 amide bonds. The Morgan fingerprint density at radius 3 is 2.25 bits per heavy atom. The number of aliphatic carboxylic acids is 1. The van der Waals surface area contributed by atoms with Crippen molar-refractivity contribution < 1.29 is 50.6 Å². The summed E-state index contributed by atoms with van der Waals surface area (Å²) in [6.45, 7) is 1.42. The quantitative estimate of drug-likeness (QED) is 0.247. The van der Waals surface area contributed by atoms with Gasteiger partial charge in [-0.3, -0.25) is 9.69 Å². The van der Waals surface area contributed by atoms with Crippen molar-refractivity contribution in [2.24, 2.45) is 5.92 Å². The number of carbonyl (C=O) groups is 2. The van der Waals surface area contributed by atoms with Crippen molar-refractivity contribution in [1.29, 1.82) is 0 Å². The van der Waals surface area contributed by atoms with E-state index in [9.17, 15) is 41.0 Å². The highest BCUT2D eigenvalue weighted by Crippen LogP contribution is 2.40. The Morgan fingerprint density at radius 2 is 1.70 bits per heavy atom. The Kier molecular flexibility index (Phi) is 8.68. The highest BCUT2D eigenvalue weighted by atomic mass is 32.2. The molecule has 0 aliphatic carbocycles. The molecular weight excluding hydrogens is 586 g/mol. The zero-order valence-corrected chi connectivity index (χ0v) is 22.1. The fourth-order valence-corrected chi connectivity index (χ4v) is 5.66. The van der Waals surface area contributed by atoms with Gasteiger partial charge in [-0.05, 0) is 62.2 Å². The van der Waals surface area contributed by atoms with Gasteiger partial charge in [-0.2, -0.15) is 26.3 Å². The molecule has 216 valence electrons. The minimum atomic E-state index is -5.00. The molecular formula is C25H22F6N2O5S2. The minimum absolute atomic E-state index is 0.00893. The smallest absolute Gasteiger partial charge is 0.416 e. The number of thioether (sulfide) groups is 1. The van der Waals surface area contributed by atoms with E-state index >= 15 is 0 Å². The summed E-state index contributed by atoms with van der Waals surface area (Å²) in [6, 6.07) is 3.70. The van der Waals surface area contributed by atoms with Crippen molar-refractivity contribution in [1.82, 2.24) is 9.80 Å². The molecule has 2 aromatic rings. The SMILES string of the molecule is O=C(O)C(O)CN1CCC(CN2C(=O)C(=Cc3ccc(-c4cc(C(F)(F)F)cc(C(F)(F)F)c4)o3)SC2=S)CC1. The van der Waals surface area contributed by atoms with E-state index in [1.165, 1.54) is 23.1 Å². The fraction of sp³-hybridized carbons (Fsp3) is 0.400. The molecule has 40 heavy (non-hydrogen) atoms. The average Bonchev–Trinajstić information content (AvgIpc) is 3.44. The number of halogens is 6. The summed E-state index contributed by atoms with van der Waals surface area (Å²) in [5.41, 5.74) is -3.36. The number of aliphatic hydroxyl groups excluding tert-OH is 1. The third kappa shape index (κ3) is 7.06. The van der Waals surface area contributed by atoms with Gasteiger partial charge in [0.15, 0.2) is 6.10 Å². The fourth-order valence-electron chi connectivity index (χ4n) is 4.40. The van der Waals surface area contributed by atoms with Gasteiger partial charge in [-0.25, -0.2) is 4.79 Å². The van der Waals surface area contributed by atoms with Gasteiger partial charge in [0, 0.05) is 24.7 Å². The molecule has 0 radical (unpaired) electrons. The van der Waals surface area contributed by atoms with Crippen LogP contribution in [0.25, 0.3) is 17.4 Å². The molecule has 0 spiro atoms. The molecule has 1 unspecified atom stereocenters. The second-order valence-corrected chi connectivity index (χ2v) is 11.1. The van der Waals surface area contributed by atoms with Gasteiger partial charge in [0.2, 0.25) is 0 Å². The molecule has 4 rings (SSSR count). The number of aliphatic hydroxyl groups is 1. The third-order valence-corrected chi connectivity index (χ3v) is 7.89. The van der Waals surface area contributed by atoms with Gasteiger partial charge in [0.05, 0.1) is 16.0 Å². The number of amides is 1. The van der Waals surface area contributed by atoms with Gasteiger partial charge in [0.25, 0.3) is 5.91 Å². The summed E-state index contributed by atoms with van der Waals surface area (Å²) in [5.74, 6) is -1.81. The second kappa shape index (κ2) is 11.5. The van der Waals surface area contributed by atoms with Gasteiger partial charge in [-0.15, -0.1) is 0 Å². The molecule has 7 nitrogen and oxygen atoms in total. The monoisotopic (exact) mass is 608 g/mol. The van der Waals surface area contributed by atoms with Crippen LogP contribution >= 0.6 is 24.0 Å². The highest BCUT2D eigenvalue weighted by Gasteiger charge is 2.38. The number of hydrogen-bond donors (Lipinski definition) is 2. The highest BCUT2D eigenvalue weighted by molar-refractivity contribution is 8.26. The molecule has 2 N–H and O–H groups in total. The Morgan fingerprint density at radius 1 is 1.10 bits per heavy atom. The summed E-state index contributed by atoms with van der Waals surface area (Å²) in [5, 5.41) is 18.4. The van der Waals surface area contributed by atoms with Gasteiger partial charge < -0.3 is 19.5 Å². The normalized spacial score (nSPS) is 19.6. The first-order chi connectivity index (χ1) is 18.6. The van der Waals surface area contributed by atoms with Crippen molar-refractivity contribution in [3.05, 3.63) is 52.1 Å². The number of benzene rings is 1. The lowest BCUT2D eigenvalue weighted by Gasteiger charge is -2.33. The van der Waals surface area contributed by atoms with Crippen LogP contribution in [-0.2, 0) is 21.9 Å². The molecule has 1 aromatic heterocycles. The van der Waals surface area contributed by atoms with Crippen LogP contribution in [0.3, 0.4) is 0 Å². The largest absolute Gasteiger partial charge is 0.479 e. The molecule has 1 atom stereocenters. The summed E-state index contributed by atoms with van der Waals surface area (Å²) in [7, 11) is 0. The van der Waals surface area contributed by atoms with Crippen LogP contribution in [0.5, 0.6) is 0 Å². The van der Waals surface area contributed by atoms with Gasteiger partial charge in [0.1, 0.15) is 15.8 Å². The van der Waals surface area contributed by atoms with E-state index in [0.717, 1.165) is 11.8 Å². The maximum absolute atomic E-state index is 13.2. The van der Waals surface area contributed by atoms with Crippen LogP contribution in [0.4, 0.5) is 26.3 Å². The van der Waals surface area contributed by atoms with Crippen LogP contribution in [0.15, 0.2) is 39.7 Å². The zero-order valence-electron chi connectivity index (χ0n) is 20.5. The first kappa shape index (κ1) is 30.1. The first-order valence-corrected chi connectivity index (χ1v) is 13.1. The molecule has 2 aliphatic rings. The molecule has 0 bridgehead atoms. The Bertz CT molecular complexity index is 1300. The van der Waals surface area contributed by atoms with Gasteiger partial charge >= 0.3 is 18.3 Å². The number of carboxylic acids is 1. The summed E-state index contributed by atoms with van der Waals surface area (Å²) in [4.78, 5) is 27.3. The van der Waals surface area contributed by atoms with Crippen LogP contribution in [-0.4, -0.2) is 68.5 Å². The van der Waals surface area contributed by atoms with Crippen LogP contribution in [0.2, 0.25) is 0 Å². The number of β-amino-alcohol motifs (C(OH)–C–C–N with tert-alkyl or cyclic N) is 1. The number of nitrogens with zero attached hydrogens (tertiary/aromatic N) is 2. The van der Waals surface area contributed by atoms with E-state index in [1.807, 2.05) is 4.90 Å². The maximum atomic E-state index is 13.2. The van der Waals surface area contributed by atoms with Crippen molar-refractivity contribution in [2.75, 3.05) is 26.2 Å². The molecule has 15 heteroatoms. The van der Waals surface area contributed by atoms with E-state index in [2.05, 4.69) is 0 Å². The Hall–Kier alpha value is -2.88. The Balaban J connectivity index is 1.45. The molecule has 2 fully saturated rings. The van der Waals surface area contributed by atoms with E-state index in [-0.39, 0.29) is 35.0 Å². The van der Waals surface area contributed by atoms with E-state index < -0.39 is 47.0 Å². The van der Waals surface area contributed by atoms with Crippen LogP contribution in [0.1, 0.15) is 29.7 Å². The number of alkyl halides is 6. The molecule has 3 heterocycles. The van der Waals surface area contributed by atoms with E-state index in [4.69, 9.17) is 21.7 Å². The number of carboxylic acid groups (broad SMARTS) is 1. The van der Waals surface area contributed by atoms with Crippen LogP contribution < -0.4 is 0 Å². The summed E-state index contributed by atoms with van der Waals surface area (Å²) >= 11 is 6.34. The maximum Gasteiger partial charge on any atom is 0.416 e. The lowest BCUT2D eigenvalue weighted by atomic mass is 9.96. The second-order valence-electron chi connectivity index (χ2n) is 9.39. The lowest BCUT2D eigenvalue weighted by molar-refractivity contribution is -0.148. The number of thiocarbonyl (C=S) groups is 1. The van der Waals surface area contributed by atoms with E-state index in [0.29, 0.717) is 48.9 Å². The van der Waals surface area contributed by atoms with E-state index in [1.54, 1.807) is 0 Å². The zero-order chi connectivity index (χ0) is 29.4. The number of likely N-dealkylation sites (tertiary alicyclic amines) is 1. The molecule has 0 saturated carbocycles. The average molecular weight is 609 g/mol. The molecule has 1 aromatic carbocycles. The van der Waals surface area contributed by atoms with Crippen molar-refractivity contribution in [2.45, 2.75) is 31.3 Å². The lowest BCUT2D eigenvalue weighted by Crippen LogP contribution is -2.44. The predicted molar refractivity (Wildman–Crippen MR) is 137 cm³/mol. The third-order valence-electron chi connectivity index (χ3n) is 6.51. The Labute approximate surface area is 233 Å². The van der Waals surface area contributed by atoms with Crippen molar-refractivity contribution >= 4 is 46.3 Å². The van der Waals surface area contributed by atoms with Gasteiger partial charge in [-0.1, -0.05) is 24.0 Å². The topological polar surface area (TPSA) is 94.2 Å². The number of carbonyl (C=O) groups excluding carboxylic acids is 1. The number of furan rings is 1. The molecule has 2 saturated heterocycles. The first-order valence-electron chi connectivity index (χ1n) is 11.9. The summed E-state index contributed by atoms with van der Waals surface area (Å²) in [6.07, 6.45) is -8.85. The molecule has 2 aliphatic heterocycles.